The van der Waals surface area contributed by atoms with Crippen LogP contribution in [-0.4, -0.2) is 26.5 Å². The van der Waals surface area contributed by atoms with Gasteiger partial charge in [0.1, 0.15) is 5.82 Å². The van der Waals surface area contributed by atoms with Gasteiger partial charge in [0.15, 0.2) is 0 Å². The normalized spacial score (nSPS) is 11.9. The van der Waals surface area contributed by atoms with E-state index in [0.717, 1.165) is 11.1 Å². The molecule has 0 fully saturated rings. The molecule has 0 bridgehead atoms. The second-order valence-electron chi connectivity index (χ2n) is 5.85. The van der Waals surface area contributed by atoms with Crippen LogP contribution in [0.15, 0.2) is 48.5 Å². The van der Waals surface area contributed by atoms with E-state index >= 15 is 0 Å². The summed E-state index contributed by atoms with van der Waals surface area (Å²) in [5.41, 5.74) is 2.35. The maximum absolute atomic E-state index is 13.7. The highest BCUT2D eigenvalue weighted by atomic mass is 19.1. The highest BCUT2D eigenvalue weighted by molar-refractivity contribution is 5.78. The molecular weight excluding hydrogens is 321 g/mol. The van der Waals surface area contributed by atoms with Crippen molar-refractivity contribution >= 4 is 5.91 Å². The minimum Gasteiger partial charge on any atom is -0.352 e. The standard InChI is InChI=1S/C18H18FN5O/c1-12(10-15-4-2-3-5-16(15)19)18(25)20-11-13-6-8-14(9-7-13)17-21-23-24-22-17/h2-9,12H,10-11H2,1H3,(H,20,25)(H,21,22,23,24)/t12-/m1/s1. The summed E-state index contributed by atoms with van der Waals surface area (Å²) in [4.78, 5) is 12.2. The van der Waals surface area contributed by atoms with Crippen LogP contribution >= 0.6 is 0 Å². The first kappa shape index (κ1) is 16.8. The van der Waals surface area contributed by atoms with Crippen LogP contribution in [0.25, 0.3) is 11.4 Å². The van der Waals surface area contributed by atoms with Crippen molar-refractivity contribution in [3.05, 3.63) is 65.5 Å². The van der Waals surface area contributed by atoms with E-state index in [0.29, 0.717) is 24.4 Å². The summed E-state index contributed by atoms with van der Waals surface area (Å²) in [6.45, 7) is 2.20. The number of H-pyrrole nitrogens is 1. The van der Waals surface area contributed by atoms with Gasteiger partial charge >= 0.3 is 0 Å². The van der Waals surface area contributed by atoms with Gasteiger partial charge in [-0.05, 0) is 28.8 Å². The van der Waals surface area contributed by atoms with Crippen molar-refractivity contribution in [2.45, 2.75) is 19.9 Å². The van der Waals surface area contributed by atoms with Crippen molar-refractivity contribution in [2.24, 2.45) is 5.92 Å². The summed E-state index contributed by atoms with van der Waals surface area (Å²) in [5.74, 6) is -0.172. The molecule has 0 aliphatic carbocycles. The highest BCUT2D eigenvalue weighted by Crippen LogP contribution is 2.15. The number of hydrogen-bond acceptors (Lipinski definition) is 4. The summed E-state index contributed by atoms with van der Waals surface area (Å²) < 4.78 is 13.7. The summed E-state index contributed by atoms with van der Waals surface area (Å²) in [5, 5.41) is 16.6. The molecule has 0 aliphatic rings. The second kappa shape index (κ2) is 7.65. The molecule has 1 aromatic heterocycles. The molecule has 0 radical (unpaired) electrons. The summed E-state index contributed by atoms with van der Waals surface area (Å²) >= 11 is 0. The van der Waals surface area contributed by atoms with Crippen LogP contribution in [0, 0.1) is 11.7 Å². The molecule has 0 saturated heterocycles. The van der Waals surface area contributed by atoms with Crippen LogP contribution in [0.3, 0.4) is 0 Å². The number of benzene rings is 2. The van der Waals surface area contributed by atoms with Gasteiger partial charge in [-0.1, -0.05) is 49.4 Å². The van der Waals surface area contributed by atoms with E-state index in [2.05, 4.69) is 25.9 Å². The molecule has 128 valence electrons. The van der Waals surface area contributed by atoms with Crippen molar-refractivity contribution in [1.29, 1.82) is 0 Å². The Bertz CT molecular complexity index is 833. The average molecular weight is 339 g/mol. The lowest BCUT2D eigenvalue weighted by molar-refractivity contribution is -0.124. The van der Waals surface area contributed by atoms with Crippen molar-refractivity contribution in [3.63, 3.8) is 0 Å². The molecule has 0 aliphatic heterocycles. The van der Waals surface area contributed by atoms with Crippen LogP contribution in [0.4, 0.5) is 4.39 Å². The third-order valence-corrected chi connectivity index (χ3v) is 3.96. The third kappa shape index (κ3) is 4.26. The Morgan fingerprint density at radius 2 is 1.96 bits per heavy atom. The molecule has 0 spiro atoms. The fraction of sp³-hybridized carbons (Fsp3) is 0.222. The van der Waals surface area contributed by atoms with Gasteiger partial charge in [-0.3, -0.25) is 4.79 Å². The maximum atomic E-state index is 13.7. The maximum Gasteiger partial charge on any atom is 0.223 e. The van der Waals surface area contributed by atoms with Gasteiger partial charge in [-0.15, -0.1) is 10.2 Å². The van der Waals surface area contributed by atoms with Crippen molar-refractivity contribution < 1.29 is 9.18 Å². The van der Waals surface area contributed by atoms with Gasteiger partial charge in [0, 0.05) is 18.0 Å². The van der Waals surface area contributed by atoms with E-state index in [4.69, 9.17) is 0 Å². The number of carbonyl (C=O) groups is 1. The highest BCUT2D eigenvalue weighted by Gasteiger charge is 2.15. The number of aromatic nitrogens is 4. The number of amides is 1. The van der Waals surface area contributed by atoms with Gasteiger partial charge in [-0.25, -0.2) is 4.39 Å². The van der Waals surface area contributed by atoms with E-state index in [1.165, 1.54) is 6.07 Å². The Morgan fingerprint density at radius 3 is 2.64 bits per heavy atom. The zero-order valence-electron chi connectivity index (χ0n) is 13.7. The van der Waals surface area contributed by atoms with E-state index in [1.807, 2.05) is 24.3 Å². The molecule has 1 heterocycles. The number of rotatable bonds is 6. The Labute approximate surface area is 144 Å². The van der Waals surface area contributed by atoms with Crippen LogP contribution < -0.4 is 5.32 Å². The van der Waals surface area contributed by atoms with E-state index < -0.39 is 0 Å². The molecule has 3 aromatic rings. The lowest BCUT2D eigenvalue weighted by Gasteiger charge is -2.13. The Balaban J connectivity index is 1.54. The van der Waals surface area contributed by atoms with Crippen molar-refractivity contribution in [2.75, 3.05) is 0 Å². The van der Waals surface area contributed by atoms with Crippen molar-refractivity contribution in [1.82, 2.24) is 25.9 Å². The Morgan fingerprint density at radius 1 is 1.20 bits per heavy atom. The molecular formula is C18H18FN5O. The zero-order chi connectivity index (χ0) is 17.6. The largest absolute Gasteiger partial charge is 0.352 e. The topological polar surface area (TPSA) is 83.6 Å². The molecule has 1 atom stereocenters. The average Bonchev–Trinajstić information content (AvgIpc) is 3.16. The summed E-state index contributed by atoms with van der Waals surface area (Å²) in [6, 6.07) is 14.1. The number of aromatic amines is 1. The number of carbonyl (C=O) groups excluding carboxylic acids is 1. The van der Waals surface area contributed by atoms with Crippen molar-refractivity contribution in [3.8, 4) is 11.4 Å². The van der Waals surface area contributed by atoms with E-state index in [1.54, 1.807) is 25.1 Å². The monoisotopic (exact) mass is 339 g/mol. The summed E-state index contributed by atoms with van der Waals surface area (Å²) in [6.07, 6.45) is 0.370. The first-order chi connectivity index (χ1) is 12.1. The Hall–Kier alpha value is -3.09. The Kier molecular flexibility index (Phi) is 5.13. The van der Waals surface area contributed by atoms with E-state index in [-0.39, 0.29) is 17.6 Å². The van der Waals surface area contributed by atoms with Gasteiger partial charge in [0.05, 0.1) is 0 Å². The second-order valence-corrected chi connectivity index (χ2v) is 5.85. The lowest BCUT2D eigenvalue weighted by Crippen LogP contribution is -2.30. The predicted octanol–water partition coefficient (Wildman–Crippen LogP) is 2.50. The molecule has 25 heavy (non-hydrogen) atoms. The fourth-order valence-corrected chi connectivity index (χ4v) is 2.51. The molecule has 3 rings (SSSR count). The number of nitrogens with one attached hydrogen (secondary N) is 2. The molecule has 0 saturated carbocycles. The molecule has 7 heteroatoms. The van der Waals surface area contributed by atoms with Gasteiger partial charge in [0.2, 0.25) is 11.7 Å². The van der Waals surface area contributed by atoms with E-state index in [9.17, 15) is 9.18 Å². The van der Waals surface area contributed by atoms with Gasteiger partial charge < -0.3 is 5.32 Å². The number of hydrogen-bond donors (Lipinski definition) is 2. The lowest BCUT2D eigenvalue weighted by atomic mass is 10.00. The fourth-order valence-electron chi connectivity index (χ4n) is 2.51. The smallest absolute Gasteiger partial charge is 0.223 e. The minimum atomic E-state index is -0.310. The molecule has 0 unspecified atom stereocenters. The first-order valence-electron chi connectivity index (χ1n) is 7.97. The summed E-state index contributed by atoms with van der Waals surface area (Å²) in [7, 11) is 0. The third-order valence-electron chi connectivity index (χ3n) is 3.96. The van der Waals surface area contributed by atoms with Crippen LogP contribution in [-0.2, 0) is 17.8 Å². The van der Waals surface area contributed by atoms with Crippen LogP contribution in [0.1, 0.15) is 18.1 Å². The van der Waals surface area contributed by atoms with Gasteiger partial charge in [-0.2, -0.15) is 5.21 Å². The number of halogens is 1. The van der Waals surface area contributed by atoms with Gasteiger partial charge in [0.25, 0.3) is 0 Å². The number of nitrogens with zero attached hydrogens (tertiary/aromatic N) is 3. The quantitative estimate of drug-likeness (QED) is 0.723. The number of tetrazole rings is 1. The predicted molar refractivity (Wildman–Crippen MR) is 90.7 cm³/mol. The molecule has 6 nitrogen and oxygen atoms in total. The SMILES string of the molecule is C[C@H](Cc1ccccc1F)C(=O)NCc1ccc(-c2nn[nH]n2)cc1. The molecule has 1 amide bonds. The minimum absolute atomic E-state index is 0.106. The van der Waals surface area contributed by atoms with Crippen LogP contribution in [0.5, 0.6) is 0 Å². The molecule has 2 aromatic carbocycles. The van der Waals surface area contributed by atoms with Crippen LogP contribution in [0.2, 0.25) is 0 Å². The molecule has 2 N–H and O–H groups in total. The first-order valence-corrected chi connectivity index (χ1v) is 7.97. The zero-order valence-corrected chi connectivity index (χ0v) is 13.7.